The Morgan fingerprint density at radius 2 is 1.78 bits per heavy atom. The smallest absolute Gasteiger partial charge is 0.244 e. The first-order valence-corrected chi connectivity index (χ1v) is 9.37. The second-order valence-electron chi connectivity index (χ2n) is 6.21. The molecule has 132 valence electrons. The minimum absolute atomic E-state index is 0.471. The predicted molar refractivity (Wildman–Crippen MR) is 115 cm³/mol. The fraction of sp³-hybridized carbons (Fsp3) is 0.0455. The summed E-state index contributed by atoms with van der Waals surface area (Å²) in [5, 5.41) is 5.32. The van der Waals surface area contributed by atoms with E-state index in [2.05, 4.69) is 68.7 Å². The summed E-state index contributed by atoms with van der Waals surface area (Å²) in [6, 6.07) is 24.3. The Kier molecular flexibility index (Phi) is 4.94. The zero-order valence-electron chi connectivity index (χ0n) is 14.7. The highest BCUT2D eigenvalue weighted by Crippen LogP contribution is 2.27. The SMILES string of the molecule is Cc1ccc2c(-c3ccccc3)nc(NN=Cc3cccc(Br)c3)nc2c1. The molecule has 0 atom stereocenters. The number of aromatic nitrogens is 2. The molecule has 4 rings (SSSR count). The molecule has 3 aromatic carbocycles. The monoisotopic (exact) mass is 416 g/mol. The van der Waals surface area contributed by atoms with Crippen LogP contribution in [-0.2, 0) is 0 Å². The number of benzene rings is 3. The molecule has 0 unspecified atom stereocenters. The van der Waals surface area contributed by atoms with E-state index >= 15 is 0 Å². The Morgan fingerprint density at radius 1 is 0.926 bits per heavy atom. The number of nitrogens with zero attached hydrogens (tertiary/aromatic N) is 3. The molecule has 0 aliphatic carbocycles. The molecule has 4 aromatic rings. The van der Waals surface area contributed by atoms with Crippen molar-refractivity contribution in [3.8, 4) is 11.3 Å². The molecule has 0 aliphatic rings. The van der Waals surface area contributed by atoms with Crippen molar-refractivity contribution in [3.05, 3.63) is 88.4 Å². The number of hydrogen-bond acceptors (Lipinski definition) is 4. The van der Waals surface area contributed by atoms with Crippen molar-refractivity contribution in [1.29, 1.82) is 0 Å². The van der Waals surface area contributed by atoms with Gasteiger partial charge in [0, 0.05) is 15.4 Å². The zero-order chi connectivity index (χ0) is 18.6. The third kappa shape index (κ3) is 4.04. The number of hydrogen-bond donors (Lipinski definition) is 1. The third-order valence-corrected chi connectivity index (χ3v) is 4.62. The molecule has 1 aromatic heterocycles. The van der Waals surface area contributed by atoms with Crippen LogP contribution in [0, 0.1) is 6.92 Å². The lowest BCUT2D eigenvalue weighted by atomic mass is 10.1. The number of nitrogens with one attached hydrogen (secondary N) is 1. The first kappa shape index (κ1) is 17.4. The predicted octanol–water partition coefficient (Wildman–Crippen LogP) is 5.81. The molecule has 5 heteroatoms. The van der Waals surface area contributed by atoms with Crippen molar-refractivity contribution >= 4 is 39.0 Å². The Bertz CT molecular complexity index is 1120. The number of anilines is 1. The molecule has 0 amide bonds. The summed E-state index contributed by atoms with van der Waals surface area (Å²) >= 11 is 3.46. The molecule has 4 nitrogen and oxygen atoms in total. The van der Waals surface area contributed by atoms with Gasteiger partial charge in [-0.2, -0.15) is 5.10 Å². The van der Waals surface area contributed by atoms with Crippen LogP contribution in [0.15, 0.2) is 82.4 Å². The molecule has 0 spiro atoms. The summed E-state index contributed by atoms with van der Waals surface area (Å²) in [5.74, 6) is 0.471. The van der Waals surface area contributed by atoms with E-state index in [4.69, 9.17) is 4.98 Å². The van der Waals surface area contributed by atoms with E-state index in [0.717, 1.165) is 37.8 Å². The maximum Gasteiger partial charge on any atom is 0.244 e. The molecule has 1 heterocycles. The third-order valence-electron chi connectivity index (χ3n) is 4.13. The molecule has 0 bridgehead atoms. The van der Waals surface area contributed by atoms with Crippen LogP contribution in [0.2, 0.25) is 0 Å². The van der Waals surface area contributed by atoms with E-state index < -0.39 is 0 Å². The molecule has 0 saturated heterocycles. The normalized spacial score (nSPS) is 11.2. The van der Waals surface area contributed by atoms with Gasteiger partial charge < -0.3 is 0 Å². The summed E-state index contributed by atoms with van der Waals surface area (Å²) < 4.78 is 1.01. The van der Waals surface area contributed by atoms with Crippen LogP contribution in [0.3, 0.4) is 0 Å². The van der Waals surface area contributed by atoms with Crippen molar-refractivity contribution in [2.24, 2.45) is 5.10 Å². The Morgan fingerprint density at radius 3 is 2.59 bits per heavy atom. The molecule has 0 fully saturated rings. The van der Waals surface area contributed by atoms with E-state index in [1.807, 2.05) is 42.5 Å². The Hall–Kier alpha value is -3.05. The number of halogens is 1. The number of fused-ring (bicyclic) bond motifs is 1. The van der Waals surface area contributed by atoms with Crippen LogP contribution in [0.25, 0.3) is 22.2 Å². The van der Waals surface area contributed by atoms with Gasteiger partial charge in [-0.3, -0.25) is 0 Å². The van der Waals surface area contributed by atoms with Gasteiger partial charge in [0.25, 0.3) is 0 Å². The average molecular weight is 417 g/mol. The minimum atomic E-state index is 0.471. The van der Waals surface area contributed by atoms with Crippen molar-refractivity contribution in [1.82, 2.24) is 9.97 Å². The molecule has 0 radical (unpaired) electrons. The number of aryl methyl sites for hydroxylation is 1. The summed E-state index contributed by atoms with van der Waals surface area (Å²) in [7, 11) is 0. The van der Waals surface area contributed by atoms with Gasteiger partial charge in [0.2, 0.25) is 5.95 Å². The number of hydrazone groups is 1. The van der Waals surface area contributed by atoms with Crippen molar-refractivity contribution in [2.75, 3.05) is 5.43 Å². The number of rotatable bonds is 4. The van der Waals surface area contributed by atoms with E-state index in [1.54, 1.807) is 6.21 Å². The van der Waals surface area contributed by atoms with Crippen LogP contribution >= 0.6 is 15.9 Å². The quantitative estimate of drug-likeness (QED) is 0.337. The van der Waals surface area contributed by atoms with E-state index in [0.29, 0.717) is 5.95 Å². The first-order chi connectivity index (χ1) is 13.2. The van der Waals surface area contributed by atoms with E-state index in [9.17, 15) is 0 Å². The Balaban J connectivity index is 1.72. The molecule has 1 N–H and O–H groups in total. The zero-order valence-corrected chi connectivity index (χ0v) is 16.3. The summed E-state index contributed by atoms with van der Waals surface area (Å²) in [6.45, 7) is 2.06. The molecular formula is C22H17BrN4. The Labute approximate surface area is 166 Å². The standard InChI is InChI=1S/C22H17BrN4/c1-15-10-11-19-20(12-15)25-22(26-21(19)17-7-3-2-4-8-17)27-24-14-16-6-5-9-18(23)13-16/h2-14H,1H3,(H,25,26,27). The fourth-order valence-corrected chi connectivity index (χ4v) is 3.27. The highest BCUT2D eigenvalue weighted by atomic mass is 79.9. The second-order valence-corrected chi connectivity index (χ2v) is 7.12. The second kappa shape index (κ2) is 7.68. The van der Waals surface area contributed by atoms with Gasteiger partial charge in [0.15, 0.2) is 0 Å². The molecule has 0 aliphatic heterocycles. The molecule has 0 saturated carbocycles. The minimum Gasteiger partial charge on any atom is -0.245 e. The van der Waals surface area contributed by atoms with E-state index in [1.165, 1.54) is 0 Å². The lowest BCUT2D eigenvalue weighted by Gasteiger charge is -2.09. The largest absolute Gasteiger partial charge is 0.245 e. The summed E-state index contributed by atoms with van der Waals surface area (Å²) in [5.41, 5.74) is 7.94. The van der Waals surface area contributed by atoms with Crippen LogP contribution in [0.5, 0.6) is 0 Å². The summed E-state index contributed by atoms with van der Waals surface area (Å²) in [6.07, 6.45) is 1.75. The lowest BCUT2D eigenvalue weighted by molar-refractivity contribution is 1.15. The van der Waals surface area contributed by atoms with Gasteiger partial charge in [0.1, 0.15) is 0 Å². The van der Waals surface area contributed by atoms with Gasteiger partial charge in [-0.1, -0.05) is 70.5 Å². The summed E-state index contributed by atoms with van der Waals surface area (Å²) in [4.78, 5) is 9.33. The maximum absolute atomic E-state index is 4.70. The molecular weight excluding hydrogens is 400 g/mol. The van der Waals surface area contributed by atoms with Crippen LogP contribution in [0.1, 0.15) is 11.1 Å². The maximum atomic E-state index is 4.70. The van der Waals surface area contributed by atoms with Crippen LogP contribution in [-0.4, -0.2) is 16.2 Å². The van der Waals surface area contributed by atoms with Crippen LogP contribution < -0.4 is 5.43 Å². The van der Waals surface area contributed by atoms with Crippen molar-refractivity contribution < 1.29 is 0 Å². The fourth-order valence-electron chi connectivity index (χ4n) is 2.86. The average Bonchev–Trinajstić information content (AvgIpc) is 2.68. The topological polar surface area (TPSA) is 50.2 Å². The van der Waals surface area contributed by atoms with Gasteiger partial charge in [-0.15, -0.1) is 0 Å². The highest BCUT2D eigenvalue weighted by molar-refractivity contribution is 9.10. The van der Waals surface area contributed by atoms with E-state index in [-0.39, 0.29) is 0 Å². The van der Waals surface area contributed by atoms with Crippen LogP contribution in [0.4, 0.5) is 5.95 Å². The van der Waals surface area contributed by atoms with Gasteiger partial charge in [-0.05, 0) is 36.2 Å². The van der Waals surface area contributed by atoms with Gasteiger partial charge in [0.05, 0.1) is 17.4 Å². The molecule has 27 heavy (non-hydrogen) atoms. The van der Waals surface area contributed by atoms with Gasteiger partial charge in [-0.25, -0.2) is 15.4 Å². The first-order valence-electron chi connectivity index (χ1n) is 8.57. The highest BCUT2D eigenvalue weighted by Gasteiger charge is 2.09. The lowest BCUT2D eigenvalue weighted by Crippen LogP contribution is -2.00. The van der Waals surface area contributed by atoms with Crippen molar-refractivity contribution in [2.45, 2.75) is 6.92 Å². The van der Waals surface area contributed by atoms with Gasteiger partial charge >= 0.3 is 0 Å². The van der Waals surface area contributed by atoms with Crippen molar-refractivity contribution in [3.63, 3.8) is 0 Å².